The van der Waals surface area contributed by atoms with Crippen molar-refractivity contribution in [1.82, 2.24) is 5.32 Å². The average Bonchev–Trinajstić information content (AvgIpc) is 2.31. The summed E-state index contributed by atoms with van der Waals surface area (Å²) in [6.07, 6.45) is 3.47. The minimum atomic E-state index is -4.30. The van der Waals surface area contributed by atoms with Crippen LogP contribution >= 0.6 is 0 Å². The van der Waals surface area contributed by atoms with Crippen molar-refractivity contribution in [3.8, 4) is 0 Å². The van der Waals surface area contributed by atoms with Crippen molar-refractivity contribution in [2.45, 2.75) is 20.0 Å². The molecule has 0 saturated heterocycles. The first-order valence-electron chi connectivity index (χ1n) is 5.44. The van der Waals surface area contributed by atoms with Gasteiger partial charge in [-0.3, -0.25) is 0 Å². The first kappa shape index (κ1) is 16.3. The first-order chi connectivity index (χ1) is 8.41. The Hall–Kier alpha value is -1.71. The lowest BCUT2D eigenvalue weighted by Crippen LogP contribution is -2.16. The van der Waals surface area contributed by atoms with E-state index in [9.17, 15) is 13.2 Å². The molecule has 1 aliphatic heterocycles. The molecule has 100 valence electrons. The molecular weight excluding hydrogens is 239 g/mol. The van der Waals surface area contributed by atoms with Gasteiger partial charge in [0.25, 0.3) is 0 Å². The average molecular weight is 257 g/mol. The molecular formula is C14H18F3N. The number of halogens is 3. The van der Waals surface area contributed by atoms with E-state index in [4.69, 9.17) is 0 Å². The standard InChI is InChI=1S/C12H14F3N.C2H4/c1-9-3-4-10(2)11(12(13,14)15)6-8-16-7-5-9;1-2/h3-7,16H,8H2,1-2H3;1-2H2/b7-5+,9-3-,10-4+,11-6+;. The number of hydrogen-bond acceptors (Lipinski definition) is 1. The number of alkyl halides is 3. The third kappa shape index (κ3) is 5.57. The third-order valence-corrected chi connectivity index (χ3v) is 2.21. The van der Waals surface area contributed by atoms with Gasteiger partial charge in [-0.2, -0.15) is 13.2 Å². The van der Waals surface area contributed by atoms with Gasteiger partial charge in [0, 0.05) is 6.54 Å². The van der Waals surface area contributed by atoms with Gasteiger partial charge in [0.1, 0.15) is 0 Å². The maximum Gasteiger partial charge on any atom is 0.416 e. The molecule has 0 saturated carbocycles. The fraction of sp³-hybridized carbons (Fsp3) is 0.286. The SMILES string of the molecule is C=C.CC1=C/C=C(C)/C(C(F)(F)F)=C\CN\C=C\1. The maximum absolute atomic E-state index is 12.7. The van der Waals surface area contributed by atoms with Gasteiger partial charge in [0.2, 0.25) is 0 Å². The summed E-state index contributed by atoms with van der Waals surface area (Å²) in [5, 5.41) is 2.78. The second-order valence-corrected chi connectivity index (χ2v) is 3.62. The fourth-order valence-corrected chi connectivity index (χ4v) is 1.32. The quantitative estimate of drug-likeness (QED) is 0.638. The highest BCUT2D eigenvalue weighted by molar-refractivity contribution is 5.38. The predicted molar refractivity (Wildman–Crippen MR) is 70.0 cm³/mol. The molecule has 1 aliphatic rings. The van der Waals surface area contributed by atoms with Gasteiger partial charge in [0.15, 0.2) is 0 Å². The summed E-state index contributed by atoms with van der Waals surface area (Å²) in [6.45, 7) is 9.47. The summed E-state index contributed by atoms with van der Waals surface area (Å²) in [5.74, 6) is 0. The largest absolute Gasteiger partial charge is 0.416 e. The minimum absolute atomic E-state index is 0.170. The van der Waals surface area contributed by atoms with Crippen LogP contribution in [0.1, 0.15) is 13.8 Å². The lowest BCUT2D eigenvalue weighted by molar-refractivity contribution is -0.0894. The summed E-state index contributed by atoms with van der Waals surface area (Å²) in [7, 11) is 0. The van der Waals surface area contributed by atoms with Gasteiger partial charge in [-0.25, -0.2) is 0 Å². The molecule has 0 amide bonds. The first-order valence-corrected chi connectivity index (χ1v) is 5.44. The molecule has 0 atom stereocenters. The summed E-state index contributed by atoms with van der Waals surface area (Å²) in [6, 6.07) is 0. The lowest BCUT2D eigenvalue weighted by Gasteiger charge is -2.13. The van der Waals surface area contributed by atoms with Gasteiger partial charge in [-0.15, -0.1) is 13.2 Å². The Bertz CT molecular complexity index is 384. The highest BCUT2D eigenvalue weighted by Gasteiger charge is 2.33. The van der Waals surface area contributed by atoms with Crippen LogP contribution in [0, 0.1) is 0 Å². The predicted octanol–water partition coefficient (Wildman–Crippen LogP) is 4.29. The maximum atomic E-state index is 12.7. The Morgan fingerprint density at radius 2 is 1.78 bits per heavy atom. The fourth-order valence-electron chi connectivity index (χ4n) is 1.32. The van der Waals surface area contributed by atoms with Crippen LogP contribution in [0.15, 0.2) is 60.4 Å². The third-order valence-electron chi connectivity index (χ3n) is 2.21. The Labute approximate surface area is 106 Å². The molecule has 0 aliphatic carbocycles. The van der Waals surface area contributed by atoms with Crippen LogP contribution in [0.2, 0.25) is 0 Å². The number of allylic oxidation sites excluding steroid dienone is 6. The zero-order valence-electron chi connectivity index (χ0n) is 10.6. The van der Waals surface area contributed by atoms with E-state index in [1.165, 1.54) is 13.0 Å². The van der Waals surface area contributed by atoms with Gasteiger partial charge < -0.3 is 5.32 Å². The van der Waals surface area contributed by atoms with Crippen LogP contribution in [0.4, 0.5) is 13.2 Å². The molecule has 1 heterocycles. The Morgan fingerprint density at radius 1 is 1.17 bits per heavy atom. The van der Waals surface area contributed by atoms with Crippen LogP contribution in [0.25, 0.3) is 0 Å². The second-order valence-electron chi connectivity index (χ2n) is 3.62. The molecule has 0 radical (unpaired) electrons. The van der Waals surface area contributed by atoms with Crippen LogP contribution in [-0.4, -0.2) is 12.7 Å². The van der Waals surface area contributed by atoms with E-state index in [0.717, 1.165) is 11.6 Å². The molecule has 0 fully saturated rings. The zero-order valence-corrected chi connectivity index (χ0v) is 10.6. The molecule has 0 unspecified atom stereocenters. The van der Waals surface area contributed by atoms with Gasteiger partial charge in [0.05, 0.1) is 5.57 Å². The Kier molecular flexibility index (Phi) is 6.86. The van der Waals surface area contributed by atoms with Crippen molar-refractivity contribution in [2.75, 3.05) is 6.54 Å². The van der Waals surface area contributed by atoms with Crippen LogP contribution in [-0.2, 0) is 0 Å². The zero-order chi connectivity index (χ0) is 14.2. The topological polar surface area (TPSA) is 12.0 Å². The lowest BCUT2D eigenvalue weighted by atomic mass is 10.1. The molecule has 0 bridgehead atoms. The van der Waals surface area contributed by atoms with Crippen molar-refractivity contribution in [3.05, 3.63) is 60.4 Å². The molecule has 0 aromatic carbocycles. The highest BCUT2D eigenvalue weighted by atomic mass is 19.4. The summed E-state index contributed by atoms with van der Waals surface area (Å²) in [4.78, 5) is 0. The van der Waals surface area contributed by atoms with Gasteiger partial charge in [-0.05, 0) is 37.3 Å². The molecule has 1 nitrogen and oxygen atoms in total. The molecule has 1 rings (SSSR count). The van der Waals surface area contributed by atoms with E-state index in [0.29, 0.717) is 0 Å². The van der Waals surface area contributed by atoms with Crippen molar-refractivity contribution in [2.24, 2.45) is 0 Å². The Morgan fingerprint density at radius 3 is 2.33 bits per heavy atom. The van der Waals surface area contributed by atoms with Gasteiger partial charge >= 0.3 is 6.18 Å². The summed E-state index contributed by atoms with van der Waals surface area (Å²) >= 11 is 0. The molecule has 0 spiro atoms. The van der Waals surface area contributed by atoms with E-state index >= 15 is 0 Å². The number of hydrogen-bond donors (Lipinski definition) is 1. The van der Waals surface area contributed by atoms with Crippen molar-refractivity contribution < 1.29 is 13.2 Å². The summed E-state index contributed by atoms with van der Waals surface area (Å²) < 4.78 is 38.0. The summed E-state index contributed by atoms with van der Waals surface area (Å²) in [5.41, 5.74) is 0.540. The van der Waals surface area contributed by atoms with Crippen LogP contribution in [0.3, 0.4) is 0 Å². The van der Waals surface area contributed by atoms with Crippen molar-refractivity contribution >= 4 is 0 Å². The minimum Gasteiger partial charge on any atom is -0.387 e. The number of rotatable bonds is 0. The normalized spacial score (nSPS) is 26.8. The van der Waals surface area contributed by atoms with E-state index < -0.39 is 11.7 Å². The van der Waals surface area contributed by atoms with Crippen LogP contribution < -0.4 is 5.32 Å². The molecule has 4 heteroatoms. The molecule has 0 aromatic rings. The van der Waals surface area contributed by atoms with E-state index in [1.54, 1.807) is 12.3 Å². The molecule has 0 aromatic heterocycles. The molecule has 1 N–H and O–H groups in total. The molecule has 18 heavy (non-hydrogen) atoms. The van der Waals surface area contributed by atoms with E-state index in [1.807, 2.05) is 13.0 Å². The Balaban J connectivity index is 0.00000137. The van der Waals surface area contributed by atoms with E-state index in [2.05, 4.69) is 18.5 Å². The van der Waals surface area contributed by atoms with Crippen molar-refractivity contribution in [3.63, 3.8) is 0 Å². The highest BCUT2D eigenvalue weighted by Crippen LogP contribution is 2.31. The number of nitrogens with one attached hydrogen (secondary N) is 1. The monoisotopic (exact) mass is 257 g/mol. The van der Waals surface area contributed by atoms with Crippen LogP contribution in [0.5, 0.6) is 0 Å². The van der Waals surface area contributed by atoms with Gasteiger partial charge in [-0.1, -0.05) is 18.2 Å². The van der Waals surface area contributed by atoms with Crippen molar-refractivity contribution in [1.29, 1.82) is 0 Å². The van der Waals surface area contributed by atoms with E-state index in [-0.39, 0.29) is 12.1 Å². The second kappa shape index (κ2) is 7.58. The smallest absolute Gasteiger partial charge is 0.387 e.